The number of carboxylic acids is 1. The summed E-state index contributed by atoms with van der Waals surface area (Å²) < 4.78 is 0. The number of anilines is 2. The van der Waals surface area contributed by atoms with Gasteiger partial charge in [-0.15, -0.1) is 0 Å². The fourth-order valence-electron chi connectivity index (χ4n) is 1.77. The maximum Gasteiger partial charge on any atom is 0.327 e. The fourth-order valence-corrected chi connectivity index (χ4v) is 1.77. The van der Waals surface area contributed by atoms with E-state index >= 15 is 0 Å². The average molecular weight is 208 g/mol. The van der Waals surface area contributed by atoms with Gasteiger partial charge in [0.25, 0.3) is 0 Å². The summed E-state index contributed by atoms with van der Waals surface area (Å²) in [5, 5.41) is 10.5. The Morgan fingerprint density at radius 2 is 2.33 bits per heavy atom. The minimum Gasteiger partial charge on any atom is -0.480 e. The molecule has 1 aliphatic rings. The zero-order chi connectivity index (χ0) is 11.0. The van der Waals surface area contributed by atoms with Crippen molar-refractivity contribution in [2.75, 3.05) is 17.8 Å². The SMILES string of the molecule is NCN1Nc2cccc(N)c2C1C(=O)O. The Bertz CT molecular complexity index is 407. The lowest BCUT2D eigenvalue weighted by atomic mass is 10.0. The summed E-state index contributed by atoms with van der Waals surface area (Å²) in [6.45, 7) is 0.102. The smallest absolute Gasteiger partial charge is 0.327 e. The quantitative estimate of drug-likeness (QED) is 0.508. The summed E-state index contributed by atoms with van der Waals surface area (Å²) in [7, 11) is 0. The van der Waals surface area contributed by atoms with Crippen molar-refractivity contribution in [1.82, 2.24) is 5.01 Å². The molecule has 0 radical (unpaired) electrons. The molecule has 0 saturated heterocycles. The molecule has 0 aromatic heterocycles. The molecule has 80 valence electrons. The summed E-state index contributed by atoms with van der Waals surface area (Å²) in [5.74, 6) is -0.968. The van der Waals surface area contributed by atoms with Crippen molar-refractivity contribution in [3.63, 3.8) is 0 Å². The van der Waals surface area contributed by atoms with Crippen LogP contribution in [0, 0.1) is 0 Å². The maximum atomic E-state index is 11.1. The molecule has 1 unspecified atom stereocenters. The molecule has 1 heterocycles. The molecule has 0 saturated carbocycles. The molecule has 2 rings (SSSR count). The Morgan fingerprint density at radius 1 is 1.60 bits per heavy atom. The van der Waals surface area contributed by atoms with Gasteiger partial charge in [0.2, 0.25) is 0 Å². The molecular weight excluding hydrogens is 196 g/mol. The van der Waals surface area contributed by atoms with E-state index in [1.165, 1.54) is 5.01 Å². The predicted octanol–water partition coefficient (Wildman–Crippen LogP) is -0.0468. The van der Waals surface area contributed by atoms with Crippen LogP contribution in [0.1, 0.15) is 11.6 Å². The van der Waals surface area contributed by atoms with Crippen molar-refractivity contribution in [2.45, 2.75) is 6.04 Å². The van der Waals surface area contributed by atoms with E-state index in [1.54, 1.807) is 18.2 Å². The van der Waals surface area contributed by atoms with Crippen LogP contribution in [-0.4, -0.2) is 22.8 Å². The van der Waals surface area contributed by atoms with E-state index in [2.05, 4.69) is 5.43 Å². The normalized spacial score (nSPS) is 19.7. The number of carboxylic acid groups (broad SMARTS) is 1. The van der Waals surface area contributed by atoms with Crippen LogP contribution in [-0.2, 0) is 4.79 Å². The Labute approximate surface area is 86.4 Å². The number of hydrogen-bond acceptors (Lipinski definition) is 5. The van der Waals surface area contributed by atoms with Crippen molar-refractivity contribution < 1.29 is 9.90 Å². The largest absolute Gasteiger partial charge is 0.480 e. The molecule has 6 heteroatoms. The van der Waals surface area contributed by atoms with Crippen molar-refractivity contribution in [1.29, 1.82) is 0 Å². The van der Waals surface area contributed by atoms with E-state index in [0.29, 0.717) is 16.9 Å². The van der Waals surface area contributed by atoms with E-state index in [0.717, 1.165) is 0 Å². The Balaban J connectivity index is 2.51. The number of carbonyl (C=O) groups is 1. The second kappa shape index (κ2) is 3.41. The van der Waals surface area contributed by atoms with E-state index in [-0.39, 0.29) is 6.67 Å². The van der Waals surface area contributed by atoms with Crippen molar-refractivity contribution in [3.05, 3.63) is 23.8 Å². The highest BCUT2D eigenvalue weighted by molar-refractivity contribution is 5.84. The zero-order valence-corrected chi connectivity index (χ0v) is 7.97. The number of nitrogen functional groups attached to an aromatic ring is 1. The minimum absolute atomic E-state index is 0.102. The molecule has 1 aliphatic heterocycles. The van der Waals surface area contributed by atoms with E-state index in [1.807, 2.05) is 0 Å². The van der Waals surface area contributed by atoms with Crippen molar-refractivity contribution >= 4 is 17.3 Å². The first-order valence-electron chi connectivity index (χ1n) is 4.49. The molecule has 1 atom stereocenters. The summed E-state index contributed by atoms with van der Waals surface area (Å²) in [6.07, 6.45) is 0. The van der Waals surface area contributed by atoms with Gasteiger partial charge < -0.3 is 22.0 Å². The average Bonchev–Trinajstić information content (AvgIpc) is 2.57. The van der Waals surface area contributed by atoms with Gasteiger partial charge in [0.15, 0.2) is 6.04 Å². The molecular formula is C9H12N4O2. The first-order valence-corrected chi connectivity index (χ1v) is 4.49. The number of hydrogen-bond donors (Lipinski definition) is 4. The third kappa shape index (κ3) is 1.39. The second-order valence-corrected chi connectivity index (χ2v) is 3.31. The lowest BCUT2D eigenvalue weighted by molar-refractivity contribution is -0.142. The summed E-state index contributed by atoms with van der Waals surface area (Å²) in [6, 6.07) is 4.40. The number of hydrazine groups is 1. The number of nitrogens with one attached hydrogen (secondary N) is 1. The van der Waals surface area contributed by atoms with E-state index in [9.17, 15) is 4.79 Å². The van der Waals surface area contributed by atoms with Gasteiger partial charge in [-0.2, -0.15) is 5.01 Å². The van der Waals surface area contributed by atoms with Crippen LogP contribution in [0.3, 0.4) is 0 Å². The lowest BCUT2D eigenvalue weighted by Crippen LogP contribution is -2.37. The zero-order valence-electron chi connectivity index (χ0n) is 7.97. The van der Waals surface area contributed by atoms with Crippen molar-refractivity contribution in [2.24, 2.45) is 5.73 Å². The number of fused-ring (bicyclic) bond motifs is 1. The molecule has 0 fully saturated rings. The Kier molecular flexibility index (Phi) is 2.22. The standard InChI is InChI=1S/C9H12N4O2/c10-4-13-8(9(14)15)7-5(11)2-1-3-6(7)12-13/h1-3,8,12H,4,10-11H2,(H,14,15). The van der Waals surface area contributed by atoms with Gasteiger partial charge in [-0.1, -0.05) is 6.07 Å². The molecule has 1 aromatic rings. The van der Waals surface area contributed by atoms with Gasteiger partial charge in [0.05, 0.1) is 12.4 Å². The van der Waals surface area contributed by atoms with Gasteiger partial charge in [0.1, 0.15) is 0 Å². The van der Waals surface area contributed by atoms with Gasteiger partial charge in [-0.05, 0) is 12.1 Å². The lowest BCUT2D eigenvalue weighted by Gasteiger charge is -2.19. The number of benzene rings is 1. The molecule has 0 bridgehead atoms. The molecule has 6 N–H and O–H groups in total. The highest BCUT2D eigenvalue weighted by atomic mass is 16.4. The van der Waals surface area contributed by atoms with Gasteiger partial charge >= 0.3 is 5.97 Å². The van der Waals surface area contributed by atoms with Crippen LogP contribution < -0.4 is 16.9 Å². The van der Waals surface area contributed by atoms with Crippen LogP contribution in [0.2, 0.25) is 0 Å². The third-order valence-corrected chi connectivity index (χ3v) is 2.42. The number of nitrogens with two attached hydrogens (primary N) is 2. The Morgan fingerprint density at radius 3 is 2.93 bits per heavy atom. The number of rotatable bonds is 2. The molecule has 0 spiro atoms. The number of nitrogens with zero attached hydrogens (tertiary/aromatic N) is 1. The van der Waals surface area contributed by atoms with E-state index < -0.39 is 12.0 Å². The van der Waals surface area contributed by atoms with Crippen LogP contribution in [0.25, 0.3) is 0 Å². The highest BCUT2D eigenvalue weighted by Gasteiger charge is 2.36. The van der Waals surface area contributed by atoms with Gasteiger partial charge in [-0.3, -0.25) is 4.79 Å². The number of aliphatic carboxylic acids is 1. The first kappa shape index (κ1) is 9.75. The second-order valence-electron chi connectivity index (χ2n) is 3.31. The predicted molar refractivity (Wildman–Crippen MR) is 55.7 cm³/mol. The molecule has 1 aromatic carbocycles. The van der Waals surface area contributed by atoms with Gasteiger partial charge in [0, 0.05) is 11.3 Å². The van der Waals surface area contributed by atoms with Crippen LogP contribution in [0.5, 0.6) is 0 Å². The summed E-state index contributed by atoms with van der Waals surface area (Å²) >= 11 is 0. The van der Waals surface area contributed by atoms with E-state index in [4.69, 9.17) is 16.6 Å². The minimum atomic E-state index is -0.968. The monoisotopic (exact) mass is 208 g/mol. The fraction of sp³-hybridized carbons (Fsp3) is 0.222. The first-order chi connectivity index (χ1) is 7.15. The molecule has 6 nitrogen and oxygen atoms in total. The topological polar surface area (TPSA) is 105 Å². The van der Waals surface area contributed by atoms with Crippen LogP contribution >= 0.6 is 0 Å². The van der Waals surface area contributed by atoms with Crippen molar-refractivity contribution in [3.8, 4) is 0 Å². The highest BCUT2D eigenvalue weighted by Crippen LogP contribution is 2.38. The van der Waals surface area contributed by atoms with Crippen LogP contribution in [0.4, 0.5) is 11.4 Å². The molecule has 15 heavy (non-hydrogen) atoms. The third-order valence-electron chi connectivity index (χ3n) is 2.42. The molecule has 0 aliphatic carbocycles. The molecule has 0 amide bonds. The Hall–Kier alpha value is -1.79. The maximum absolute atomic E-state index is 11.1. The summed E-state index contributed by atoms with van der Waals surface area (Å²) in [4.78, 5) is 11.1. The summed E-state index contributed by atoms with van der Waals surface area (Å²) in [5.41, 5.74) is 15.8. The van der Waals surface area contributed by atoms with Crippen LogP contribution in [0.15, 0.2) is 18.2 Å². The van der Waals surface area contributed by atoms with Gasteiger partial charge in [-0.25, -0.2) is 0 Å².